The van der Waals surface area contributed by atoms with Crippen molar-refractivity contribution in [1.82, 2.24) is 0 Å². The Labute approximate surface area is 169 Å². The summed E-state index contributed by atoms with van der Waals surface area (Å²) < 4.78 is 44.9. The van der Waals surface area contributed by atoms with Gasteiger partial charge in [-0.3, -0.25) is 0 Å². The van der Waals surface area contributed by atoms with Gasteiger partial charge >= 0.3 is 0 Å². The first-order chi connectivity index (χ1) is 12.7. The smallest absolute Gasteiger partial charge is 0.189 e. The number of quaternary nitrogens is 1. The Kier molecular flexibility index (Phi) is 19.2. The van der Waals surface area contributed by atoms with Crippen LogP contribution in [0, 0.1) is 0 Å². The lowest BCUT2D eigenvalue weighted by Crippen LogP contribution is -2.47. The third kappa shape index (κ3) is 16.5. The Hall–Kier alpha value is -0.200. The van der Waals surface area contributed by atoms with E-state index in [2.05, 4.69) is 34.6 Å². The minimum absolute atomic E-state index is 0.150. The molecule has 0 saturated heterocycles. The molecule has 1 atom stereocenters. The van der Waals surface area contributed by atoms with Crippen LogP contribution in [0.2, 0.25) is 0 Å². The summed E-state index contributed by atoms with van der Waals surface area (Å²) >= 11 is 0. The second kappa shape index (κ2) is 17.9. The number of unbranched alkanes of at least 4 members (excludes halogenated alkanes) is 9. The third-order valence-electron chi connectivity index (χ3n) is 5.78. The quantitative estimate of drug-likeness (QED) is 0.177. The lowest BCUT2D eigenvalue weighted by Gasteiger charge is -2.34. The highest BCUT2D eigenvalue weighted by Gasteiger charge is 2.16. The molecule has 0 heterocycles. The van der Waals surface area contributed by atoms with Crippen molar-refractivity contribution in [2.24, 2.45) is 0 Å². The van der Waals surface area contributed by atoms with Crippen molar-refractivity contribution in [2.45, 2.75) is 111 Å². The average Bonchev–Trinajstić information content (AvgIpc) is 2.65. The molecule has 4 nitrogen and oxygen atoms in total. The molecule has 0 N–H and O–H groups in total. The summed E-state index contributed by atoms with van der Waals surface area (Å²) in [5.41, 5.74) is -2.22. The van der Waals surface area contributed by atoms with Gasteiger partial charge in [0.2, 0.25) is 0 Å². The Bertz CT molecular complexity index is 394. The van der Waals surface area contributed by atoms with Gasteiger partial charge in [-0.25, -0.2) is 12.8 Å². The summed E-state index contributed by atoms with van der Waals surface area (Å²) in [7, 11) is -4.73. The van der Waals surface area contributed by atoms with E-state index >= 15 is 0 Å². The monoisotopic (exact) mass is 411 g/mol. The van der Waals surface area contributed by atoms with Crippen LogP contribution in [0.25, 0.3) is 0 Å². The molecule has 0 aromatic heterocycles. The van der Waals surface area contributed by atoms with Crippen molar-refractivity contribution in [3.05, 3.63) is 0 Å². The van der Waals surface area contributed by atoms with E-state index in [4.69, 9.17) is 0 Å². The lowest BCUT2D eigenvalue weighted by atomic mass is 10.1. The van der Waals surface area contributed by atoms with E-state index < -0.39 is 15.6 Å². The van der Waals surface area contributed by atoms with Crippen molar-refractivity contribution in [3.63, 3.8) is 0 Å². The number of hydrogen-bond acceptors (Lipinski definition) is 3. The normalized spacial score (nSPS) is 13.1. The zero-order chi connectivity index (χ0) is 21.2. The molecule has 0 saturated carbocycles. The number of nitrogens with zero attached hydrogens (tertiary/aromatic N) is 1. The maximum atomic E-state index is 12.8. The summed E-state index contributed by atoms with van der Waals surface area (Å²) in [5.74, 6) is 0. The second-order valence-electron chi connectivity index (χ2n) is 7.48. The van der Waals surface area contributed by atoms with Crippen LogP contribution in [0.1, 0.15) is 105 Å². The van der Waals surface area contributed by atoms with Gasteiger partial charge in [-0.1, -0.05) is 64.7 Å². The topological polar surface area (TPSA) is 57.2 Å². The standard InChI is InChI=1S/C13H27FO3S.C8H20N/c1-2-3-4-5-6-7-8-9-10-11-12-13(14)18(15,16)17;1-5-9(6-2,7-3)8-4/h13H,2-12H2,1H3,(H,15,16,17);5-8H2,1-4H3/q;+1/p-1. The van der Waals surface area contributed by atoms with Crippen LogP contribution in [-0.4, -0.2) is 49.1 Å². The molecule has 0 aliphatic rings. The number of hydrogen-bond donors (Lipinski definition) is 0. The molecule has 0 aliphatic carbocycles. The van der Waals surface area contributed by atoms with E-state index in [1.165, 1.54) is 69.2 Å². The van der Waals surface area contributed by atoms with Crippen LogP contribution in [-0.2, 0) is 10.1 Å². The number of halogens is 1. The van der Waals surface area contributed by atoms with Crippen molar-refractivity contribution < 1.29 is 21.8 Å². The maximum absolute atomic E-state index is 12.8. The molecule has 0 aromatic rings. The Morgan fingerprint density at radius 1 is 0.704 bits per heavy atom. The first-order valence-corrected chi connectivity index (χ1v) is 12.6. The van der Waals surface area contributed by atoms with Crippen LogP contribution >= 0.6 is 0 Å². The predicted octanol–water partition coefficient (Wildman–Crippen LogP) is 6.02. The predicted molar refractivity (Wildman–Crippen MR) is 113 cm³/mol. The van der Waals surface area contributed by atoms with Gasteiger partial charge in [-0.15, -0.1) is 0 Å². The fraction of sp³-hybridized carbons (Fsp3) is 1.00. The Morgan fingerprint density at radius 3 is 1.30 bits per heavy atom. The summed E-state index contributed by atoms with van der Waals surface area (Å²) in [6.07, 6.45) is 10.9. The van der Waals surface area contributed by atoms with E-state index in [-0.39, 0.29) is 6.42 Å². The molecule has 6 heteroatoms. The molecule has 1 unspecified atom stereocenters. The van der Waals surface area contributed by atoms with Gasteiger partial charge in [0.25, 0.3) is 0 Å². The molecule has 0 rings (SSSR count). The zero-order valence-electron chi connectivity index (χ0n) is 18.6. The zero-order valence-corrected chi connectivity index (χ0v) is 19.5. The molecule has 0 bridgehead atoms. The van der Waals surface area contributed by atoms with E-state index in [1.54, 1.807) is 0 Å². The van der Waals surface area contributed by atoms with E-state index in [0.717, 1.165) is 19.3 Å². The molecular weight excluding hydrogens is 365 g/mol. The van der Waals surface area contributed by atoms with E-state index in [9.17, 15) is 17.4 Å². The minimum atomic E-state index is -4.73. The van der Waals surface area contributed by atoms with Gasteiger partial charge in [-0.2, -0.15) is 0 Å². The highest BCUT2D eigenvalue weighted by atomic mass is 32.2. The molecule has 27 heavy (non-hydrogen) atoms. The fourth-order valence-electron chi connectivity index (χ4n) is 3.28. The third-order valence-corrected chi connectivity index (χ3v) is 6.64. The Morgan fingerprint density at radius 2 is 1.04 bits per heavy atom. The van der Waals surface area contributed by atoms with E-state index in [1.807, 2.05) is 0 Å². The van der Waals surface area contributed by atoms with Gasteiger partial charge in [0.05, 0.1) is 26.2 Å². The Balaban J connectivity index is 0. The van der Waals surface area contributed by atoms with Crippen LogP contribution in [0.5, 0.6) is 0 Å². The molecule has 0 amide bonds. The lowest BCUT2D eigenvalue weighted by molar-refractivity contribution is -0.921. The fourth-order valence-corrected chi connectivity index (χ4v) is 3.73. The van der Waals surface area contributed by atoms with Crippen molar-refractivity contribution >= 4 is 10.1 Å². The van der Waals surface area contributed by atoms with Crippen LogP contribution < -0.4 is 0 Å². The molecule has 166 valence electrons. The number of alkyl halides is 1. The largest absolute Gasteiger partial charge is 0.746 e. The highest BCUT2D eigenvalue weighted by Crippen LogP contribution is 2.14. The van der Waals surface area contributed by atoms with Crippen molar-refractivity contribution in [3.8, 4) is 0 Å². The first-order valence-electron chi connectivity index (χ1n) is 11.2. The van der Waals surface area contributed by atoms with E-state index in [0.29, 0.717) is 6.42 Å². The van der Waals surface area contributed by atoms with Gasteiger partial charge in [0, 0.05) is 0 Å². The number of rotatable bonds is 16. The summed E-state index contributed by atoms with van der Waals surface area (Å²) in [5, 5.41) is 0. The molecular formula is C21H46FNO3S. The molecule has 0 aromatic carbocycles. The molecule has 0 aliphatic heterocycles. The SMILES string of the molecule is CCCCCCCCCCCCC(F)S(=O)(=O)[O-].CC[N+](CC)(CC)CC. The molecule has 0 radical (unpaired) electrons. The summed E-state index contributed by atoms with van der Waals surface area (Å²) in [6.45, 7) is 16.4. The minimum Gasteiger partial charge on any atom is -0.746 e. The van der Waals surface area contributed by atoms with Crippen molar-refractivity contribution in [2.75, 3.05) is 26.2 Å². The molecule has 0 spiro atoms. The first kappa shape index (κ1) is 29.0. The summed E-state index contributed by atoms with van der Waals surface area (Å²) in [4.78, 5) is 0. The van der Waals surface area contributed by atoms with Crippen LogP contribution in [0.15, 0.2) is 0 Å². The van der Waals surface area contributed by atoms with Gasteiger partial charge in [0.1, 0.15) is 10.1 Å². The van der Waals surface area contributed by atoms with Gasteiger partial charge in [-0.05, 0) is 40.5 Å². The van der Waals surface area contributed by atoms with Gasteiger partial charge in [0.15, 0.2) is 5.50 Å². The second-order valence-corrected chi connectivity index (χ2v) is 8.98. The molecule has 0 fully saturated rings. The maximum Gasteiger partial charge on any atom is 0.189 e. The van der Waals surface area contributed by atoms with Crippen LogP contribution in [0.4, 0.5) is 4.39 Å². The van der Waals surface area contributed by atoms with Crippen molar-refractivity contribution in [1.29, 1.82) is 0 Å². The summed E-state index contributed by atoms with van der Waals surface area (Å²) in [6, 6.07) is 0. The van der Waals surface area contributed by atoms with Crippen LogP contribution in [0.3, 0.4) is 0 Å². The highest BCUT2D eigenvalue weighted by molar-refractivity contribution is 7.86. The van der Waals surface area contributed by atoms with Gasteiger partial charge < -0.3 is 9.04 Å². The average molecular weight is 412 g/mol.